The minimum atomic E-state index is -0.113. The Morgan fingerprint density at radius 2 is 1.71 bits per heavy atom. The number of rotatable bonds is 4. The lowest BCUT2D eigenvalue weighted by atomic mass is 9.79. The number of ether oxygens (including phenoxy) is 1. The normalized spacial score (nSPS) is 21.4. The van der Waals surface area contributed by atoms with Crippen molar-refractivity contribution in [3.63, 3.8) is 0 Å². The van der Waals surface area contributed by atoms with Gasteiger partial charge in [0, 0.05) is 40.8 Å². The first kappa shape index (κ1) is 18.0. The first-order valence-corrected chi connectivity index (χ1v) is 9.42. The summed E-state index contributed by atoms with van der Waals surface area (Å²) in [7, 11) is 0. The lowest BCUT2D eigenvalue weighted by Gasteiger charge is -2.48. The van der Waals surface area contributed by atoms with Crippen molar-refractivity contribution in [2.45, 2.75) is 37.6 Å². The molecule has 132 valence electrons. The van der Waals surface area contributed by atoms with Gasteiger partial charge in [0.2, 0.25) is 0 Å². The van der Waals surface area contributed by atoms with Crippen molar-refractivity contribution in [3.8, 4) is 0 Å². The Morgan fingerprint density at radius 1 is 1.08 bits per heavy atom. The number of nitrogens with zero attached hydrogens (tertiary/aromatic N) is 1. The summed E-state index contributed by atoms with van der Waals surface area (Å²) in [5, 5.41) is 4.08. The Balaban J connectivity index is 1.69. The van der Waals surface area contributed by atoms with Crippen LogP contribution in [-0.4, -0.2) is 49.2 Å². The number of hydrogen-bond donors (Lipinski definition) is 1. The Kier molecular flexibility index (Phi) is 6.03. The molecule has 1 N–H and O–H groups in total. The largest absolute Gasteiger partial charge is 0.379 e. The van der Waals surface area contributed by atoms with Crippen molar-refractivity contribution in [2.24, 2.45) is 0 Å². The maximum absolute atomic E-state index is 12.5. The second-order valence-corrected chi connectivity index (χ2v) is 7.60. The second kappa shape index (κ2) is 8.05. The molecule has 6 heteroatoms. The maximum atomic E-state index is 12.5. The third-order valence-corrected chi connectivity index (χ3v) is 5.61. The Hall–Kier alpha value is -0.810. The molecule has 1 heterocycles. The van der Waals surface area contributed by atoms with E-state index in [-0.39, 0.29) is 11.4 Å². The van der Waals surface area contributed by atoms with Gasteiger partial charge in [-0.3, -0.25) is 9.69 Å². The van der Waals surface area contributed by atoms with Gasteiger partial charge in [-0.2, -0.15) is 0 Å². The molecule has 0 unspecified atom stereocenters. The minimum Gasteiger partial charge on any atom is -0.379 e. The van der Waals surface area contributed by atoms with E-state index in [1.54, 1.807) is 18.2 Å². The van der Waals surface area contributed by atoms with Crippen LogP contribution in [0.4, 0.5) is 0 Å². The molecular formula is C18H24Cl2N2O2. The SMILES string of the molecule is O=C(NCC1(N2CCOCC2)CCCCC1)c1cc(Cl)cc(Cl)c1. The third-order valence-electron chi connectivity index (χ3n) is 5.17. The molecule has 1 aromatic carbocycles. The highest BCUT2D eigenvalue weighted by atomic mass is 35.5. The fourth-order valence-corrected chi connectivity index (χ4v) is 4.41. The average Bonchev–Trinajstić information content (AvgIpc) is 2.60. The molecule has 0 aromatic heterocycles. The predicted octanol–water partition coefficient (Wildman–Crippen LogP) is 3.76. The van der Waals surface area contributed by atoms with Gasteiger partial charge in [0.25, 0.3) is 5.91 Å². The summed E-state index contributed by atoms with van der Waals surface area (Å²) >= 11 is 12.0. The molecule has 2 aliphatic rings. The van der Waals surface area contributed by atoms with Crippen LogP contribution in [0.15, 0.2) is 18.2 Å². The maximum Gasteiger partial charge on any atom is 0.251 e. The monoisotopic (exact) mass is 370 g/mol. The van der Waals surface area contributed by atoms with E-state index >= 15 is 0 Å². The van der Waals surface area contributed by atoms with Gasteiger partial charge in [0.15, 0.2) is 0 Å². The lowest BCUT2D eigenvalue weighted by molar-refractivity contribution is -0.0361. The number of halogens is 2. The van der Waals surface area contributed by atoms with E-state index in [1.165, 1.54) is 19.3 Å². The molecule has 2 fully saturated rings. The van der Waals surface area contributed by atoms with Crippen molar-refractivity contribution in [2.75, 3.05) is 32.8 Å². The van der Waals surface area contributed by atoms with Crippen LogP contribution < -0.4 is 5.32 Å². The highest BCUT2D eigenvalue weighted by Crippen LogP contribution is 2.34. The molecule has 1 saturated carbocycles. The fourth-order valence-electron chi connectivity index (χ4n) is 3.88. The van der Waals surface area contributed by atoms with E-state index < -0.39 is 0 Å². The van der Waals surface area contributed by atoms with Gasteiger partial charge in [0.1, 0.15) is 0 Å². The molecular weight excluding hydrogens is 347 g/mol. The second-order valence-electron chi connectivity index (χ2n) is 6.73. The Bertz CT molecular complexity index is 562. The quantitative estimate of drug-likeness (QED) is 0.876. The number of amides is 1. The molecule has 0 atom stereocenters. The summed E-state index contributed by atoms with van der Waals surface area (Å²) in [6.07, 6.45) is 5.98. The lowest BCUT2D eigenvalue weighted by Crippen LogP contribution is -2.59. The molecule has 4 nitrogen and oxygen atoms in total. The van der Waals surface area contributed by atoms with Gasteiger partial charge < -0.3 is 10.1 Å². The smallest absolute Gasteiger partial charge is 0.251 e. The zero-order valence-corrected chi connectivity index (χ0v) is 15.3. The molecule has 1 amide bonds. The molecule has 1 aliphatic heterocycles. The number of nitrogens with one attached hydrogen (secondary N) is 1. The van der Waals surface area contributed by atoms with Gasteiger partial charge in [-0.05, 0) is 31.0 Å². The molecule has 1 aliphatic carbocycles. The number of hydrogen-bond acceptors (Lipinski definition) is 3. The van der Waals surface area contributed by atoms with Gasteiger partial charge in [0.05, 0.1) is 13.2 Å². The summed E-state index contributed by atoms with van der Waals surface area (Å²) in [4.78, 5) is 15.1. The molecule has 1 aromatic rings. The Labute approximate surface area is 153 Å². The summed E-state index contributed by atoms with van der Waals surface area (Å²) in [6.45, 7) is 4.10. The zero-order valence-electron chi connectivity index (χ0n) is 13.8. The van der Waals surface area contributed by atoms with E-state index in [9.17, 15) is 4.79 Å². The van der Waals surface area contributed by atoms with Crippen LogP contribution in [0.1, 0.15) is 42.5 Å². The molecule has 0 spiro atoms. The van der Waals surface area contributed by atoms with E-state index in [2.05, 4.69) is 10.2 Å². The van der Waals surface area contributed by atoms with Crippen molar-refractivity contribution in [1.82, 2.24) is 10.2 Å². The first-order valence-electron chi connectivity index (χ1n) is 8.66. The van der Waals surface area contributed by atoms with Crippen molar-refractivity contribution in [1.29, 1.82) is 0 Å². The van der Waals surface area contributed by atoms with Crippen LogP contribution in [0.2, 0.25) is 10.0 Å². The van der Waals surface area contributed by atoms with Gasteiger partial charge in [-0.25, -0.2) is 0 Å². The molecule has 0 radical (unpaired) electrons. The van der Waals surface area contributed by atoms with Gasteiger partial charge >= 0.3 is 0 Å². The standard InChI is InChI=1S/C18H24Cl2N2O2/c19-15-10-14(11-16(20)12-15)17(23)21-13-18(4-2-1-3-5-18)22-6-8-24-9-7-22/h10-12H,1-9,13H2,(H,21,23). The third kappa shape index (κ3) is 4.23. The molecule has 1 saturated heterocycles. The number of carbonyl (C=O) groups excluding carboxylic acids is 1. The van der Waals surface area contributed by atoms with Crippen LogP contribution in [0.3, 0.4) is 0 Å². The van der Waals surface area contributed by atoms with E-state index in [0.29, 0.717) is 22.2 Å². The predicted molar refractivity (Wildman–Crippen MR) is 97.0 cm³/mol. The Morgan fingerprint density at radius 3 is 2.33 bits per heavy atom. The van der Waals surface area contributed by atoms with Gasteiger partial charge in [-0.1, -0.05) is 42.5 Å². The summed E-state index contributed by atoms with van der Waals surface area (Å²) < 4.78 is 5.50. The number of benzene rings is 1. The highest BCUT2D eigenvalue weighted by Gasteiger charge is 2.38. The highest BCUT2D eigenvalue weighted by molar-refractivity contribution is 6.35. The average molecular weight is 371 g/mol. The molecule has 3 rings (SSSR count). The van der Waals surface area contributed by atoms with Crippen molar-refractivity contribution < 1.29 is 9.53 Å². The number of carbonyl (C=O) groups is 1. The zero-order chi connectivity index (χ0) is 17.0. The van der Waals surface area contributed by atoms with Crippen molar-refractivity contribution in [3.05, 3.63) is 33.8 Å². The minimum absolute atomic E-state index is 0.0556. The molecule has 24 heavy (non-hydrogen) atoms. The van der Waals surface area contributed by atoms with Crippen LogP contribution in [0, 0.1) is 0 Å². The topological polar surface area (TPSA) is 41.6 Å². The van der Waals surface area contributed by atoms with Crippen molar-refractivity contribution >= 4 is 29.1 Å². The van der Waals surface area contributed by atoms with E-state index in [4.69, 9.17) is 27.9 Å². The van der Waals surface area contributed by atoms with Crippen LogP contribution in [0.5, 0.6) is 0 Å². The van der Waals surface area contributed by atoms with Gasteiger partial charge in [-0.15, -0.1) is 0 Å². The fraction of sp³-hybridized carbons (Fsp3) is 0.611. The number of morpholine rings is 1. The summed E-state index contributed by atoms with van der Waals surface area (Å²) in [6, 6.07) is 4.95. The van der Waals surface area contributed by atoms with Crippen LogP contribution >= 0.6 is 23.2 Å². The van der Waals surface area contributed by atoms with E-state index in [0.717, 1.165) is 39.1 Å². The summed E-state index contributed by atoms with van der Waals surface area (Å²) in [5.74, 6) is -0.113. The summed E-state index contributed by atoms with van der Waals surface area (Å²) in [5.41, 5.74) is 0.570. The molecule has 0 bridgehead atoms. The first-order chi connectivity index (χ1) is 11.6. The van der Waals surface area contributed by atoms with E-state index in [1.807, 2.05) is 0 Å². The van der Waals surface area contributed by atoms with Crippen LogP contribution in [-0.2, 0) is 4.74 Å². The van der Waals surface area contributed by atoms with Crippen LogP contribution in [0.25, 0.3) is 0 Å².